The number of hydrogen-bond donors (Lipinski definition) is 1. The van der Waals surface area contributed by atoms with Crippen molar-refractivity contribution in [1.29, 1.82) is 0 Å². The van der Waals surface area contributed by atoms with Gasteiger partial charge in [-0.2, -0.15) is 10.2 Å². The summed E-state index contributed by atoms with van der Waals surface area (Å²) in [4.78, 5) is 15.4. The van der Waals surface area contributed by atoms with Crippen LogP contribution in [0.25, 0.3) is 22.4 Å². The maximum Gasteiger partial charge on any atom is 0.252 e. The van der Waals surface area contributed by atoms with E-state index in [0.29, 0.717) is 17.9 Å². The lowest BCUT2D eigenvalue weighted by Crippen LogP contribution is -2.27. The Labute approximate surface area is 212 Å². The Kier molecular flexibility index (Phi) is 7.55. The molecule has 8 heteroatoms. The van der Waals surface area contributed by atoms with Crippen LogP contribution in [0.5, 0.6) is 5.75 Å². The molecule has 1 amide bonds. The average Bonchev–Trinajstić information content (AvgIpc) is 3.47. The van der Waals surface area contributed by atoms with Crippen LogP contribution in [0, 0.1) is 6.92 Å². The van der Waals surface area contributed by atoms with E-state index in [4.69, 9.17) is 4.74 Å². The van der Waals surface area contributed by atoms with Crippen molar-refractivity contribution in [3.63, 3.8) is 0 Å². The summed E-state index contributed by atoms with van der Waals surface area (Å²) in [5, 5.41) is 11.8. The fourth-order valence-electron chi connectivity index (χ4n) is 4.08. The second-order valence-electron chi connectivity index (χ2n) is 9.41. The summed E-state index contributed by atoms with van der Waals surface area (Å²) in [6, 6.07) is 13.8. The highest BCUT2D eigenvalue weighted by atomic mass is 16.5. The summed E-state index contributed by atoms with van der Waals surface area (Å²) in [6.07, 6.45) is 5.62. The topological polar surface area (TPSA) is 77.2 Å². The summed E-state index contributed by atoms with van der Waals surface area (Å²) >= 11 is 0. The molecule has 0 unspecified atom stereocenters. The molecule has 1 N–H and O–H groups in total. The first-order valence-electron chi connectivity index (χ1n) is 12.0. The normalized spacial score (nSPS) is 12.1. The molecule has 0 saturated carbocycles. The zero-order valence-corrected chi connectivity index (χ0v) is 21.8. The molecular formula is C28H34N6O2. The van der Waals surface area contributed by atoms with Gasteiger partial charge in [-0.3, -0.25) is 14.2 Å². The number of likely N-dealkylation sites (N-methyl/N-ethyl adjacent to an activating group) is 1. The quantitative estimate of drug-likeness (QED) is 0.383. The Morgan fingerprint density at radius 2 is 1.83 bits per heavy atom. The van der Waals surface area contributed by atoms with Gasteiger partial charge in [0.15, 0.2) is 0 Å². The number of carbonyl (C=O) groups is 1. The Morgan fingerprint density at radius 1 is 1.06 bits per heavy atom. The molecule has 0 fully saturated rings. The minimum absolute atomic E-state index is 0.132. The van der Waals surface area contributed by atoms with Gasteiger partial charge in [0.2, 0.25) is 0 Å². The van der Waals surface area contributed by atoms with E-state index in [1.54, 1.807) is 10.9 Å². The van der Waals surface area contributed by atoms with E-state index in [0.717, 1.165) is 40.1 Å². The van der Waals surface area contributed by atoms with E-state index in [9.17, 15) is 4.79 Å². The molecule has 2 heterocycles. The van der Waals surface area contributed by atoms with Crippen molar-refractivity contribution < 1.29 is 9.53 Å². The Balaban J connectivity index is 1.60. The van der Waals surface area contributed by atoms with Crippen molar-refractivity contribution in [1.82, 2.24) is 29.8 Å². The summed E-state index contributed by atoms with van der Waals surface area (Å²) in [5.74, 6) is 0.559. The molecule has 0 aliphatic carbocycles. The first-order chi connectivity index (χ1) is 17.2. The fourth-order valence-corrected chi connectivity index (χ4v) is 4.08. The van der Waals surface area contributed by atoms with Crippen LogP contribution in [-0.4, -0.2) is 57.6 Å². The number of rotatable bonds is 9. The first-order valence-corrected chi connectivity index (χ1v) is 12.0. The molecule has 8 nitrogen and oxygen atoms in total. The van der Waals surface area contributed by atoms with E-state index in [1.807, 2.05) is 83.4 Å². The molecule has 0 aliphatic rings. The van der Waals surface area contributed by atoms with E-state index >= 15 is 0 Å². The van der Waals surface area contributed by atoms with E-state index in [-0.39, 0.29) is 11.9 Å². The summed E-state index contributed by atoms with van der Waals surface area (Å²) in [6.45, 7) is 5.30. The van der Waals surface area contributed by atoms with Crippen molar-refractivity contribution in [2.24, 2.45) is 14.1 Å². The minimum Gasteiger partial charge on any atom is -0.492 e. The van der Waals surface area contributed by atoms with Gasteiger partial charge in [0.1, 0.15) is 12.4 Å². The number of nitrogens with zero attached hydrogens (tertiary/aromatic N) is 5. The highest BCUT2D eigenvalue weighted by molar-refractivity contribution is 5.96. The largest absolute Gasteiger partial charge is 0.492 e. The third-order valence-corrected chi connectivity index (χ3v) is 6.22. The number of carbonyl (C=O) groups excluding carboxylic acids is 1. The van der Waals surface area contributed by atoms with Crippen LogP contribution in [0.15, 0.2) is 61.1 Å². The molecule has 2 aromatic heterocycles. The number of benzene rings is 2. The third kappa shape index (κ3) is 5.83. The molecule has 0 radical (unpaired) electrons. The van der Waals surface area contributed by atoms with Gasteiger partial charge in [-0.1, -0.05) is 6.07 Å². The van der Waals surface area contributed by atoms with E-state index < -0.39 is 0 Å². The van der Waals surface area contributed by atoms with Crippen LogP contribution >= 0.6 is 0 Å². The number of amides is 1. The van der Waals surface area contributed by atoms with E-state index in [2.05, 4.69) is 38.6 Å². The van der Waals surface area contributed by atoms with Crippen molar-refractivity contribution in [2.75, 3.05) is 27.2 Å². The highest BCUT2D eigenvalue weighted by Gasteiger charge is 2.17. The molecule has 0 aliphatic heterocycles. The van der Waals surface area contributed by atoms with Crippen LogP contribution in [-0.2, 0) is 14.1 Å². The Bertz CT molecular complexity index is 1350. The van der Waals surface area contributed by atoms with Gasteiger partial charge in [-0.25, -0.2) is 0 Å². The molecule has 4 aromatic rings. The van der Waals surface area contributed by atoms with Gasteiger partial charge in [-0.15, -0.1) is 0 Å². The summed E-state index contributed by atoms with van der Waals surface area (Å²) < 4.78 is 9.48. The van der Waals surface area contributed by atoms with Crippen molar-refractivity contribution >= 4 is 5.91 Å². The predicted octanol–water partition coefficient (Wildman–Crippen LogP) is 4.23. The molecule has 0 saturated heterocycles. The molecule has 36 heavy (non-hydrogen) atoms. The van der Waals surface area contributed by atoms with Crippen molar-refractivity contribution in [3.05, 3.63) is 77.7 Å². The summed E-state index contributed by atoms with van der Waals surface area (Å²) in [7, 11) is 7.83. The van der Waals surface area contributed by atoms with Crippen LogP contribution < -0.4 is 10.1 Å². The molecule has 1 atom stereocenters. The van der Waals surface area contributed by atoms with Gasteiger partial charge < -0.3 is 15.0 Å². The fraction of sp³-hybridized carbons (Fsp3) is 0.321. The van der Waals surface area contributed by atoms with Crippen LogP contribution in [0.3, 0.4) is 0 Å². The number of hydrogen-bond acceptors (Lipinski definition) is 5. The van der Waals surface area contributed by atoms with E-state index in [1.165, 1.54) is 0 Å². The van der Waals surface area contributed by atoms with Crippen molar-refractivity contribution in [3.8, 4) is 28.1 Å². The molecule has 4 rings (SSSR count). The predicted molar refractivity (Wildman–Crippen MR) is 142 cm³/mol. The van der Waals surface area contributed by atoms with Crippen LogP contribution in [0.2, 0.25) is 0 Å². The lowest BCUT2D eigenvalue weighted by Gasteiger charge is -2.18. The molecule has 188 valence electrons. The maximum absolute atomic E-state index is 13.3. The number of aryl methyl sites for hydroxylation is 3. The van der Waals surface area contributed by atoms with Crippen molar-refractivity contribution in [2.45, 2.75) is 19.9 Å². The van der Waals surface area contributed by atoms with Gasteiger partial charge in [0, 0.05) is 49.7 Å². The van der Waals surface area contributed by atoms with Crippen LogP contribution in [0.1, 0.15) is 34.5 Å². The second-order valence-corrected chi connectivity index (χ2v) is 9.41. The highest BCUT2D eigenvalue weighted by Crippen LogP contribution is 2.30. The first kappa shape index (κ1) is 25.2. The summed E-state index contributed by atoms with van der Waals surface area (Å²) in [5.41, 5.74) is 6.58. The monoisotopic (exact) mass is 486 g/mol. The SMILES string of the molecule is Cc1ccc(OCCN(C)C)cc1C(=O)N[C@H](C)c1cc(-c2cnn(C)c2)cc(-c2ccnn2C)c1. The standard InChI is InChI=1S/C28H34N6O2/c1-19-7-8-25(36-12-11-32(3)4)16-26(19)28(35)31-20(2)21-13-22(24-17-30-33(5)18-24)15-23(14-21)27-9-10-29-34(27)6/h7-10,13-18,20H,11-12H2,1-6H3,(H,31,35)/t20-/m1/s1. The van der Waals surface area contributed by atoms with Gasteiger partial charge in [0.25, 0.3) is 5.91 Å². The van der Waals surface area contributed by atoms with Gasteiger partial charge >= 0.3 is 0 Å². The van der Waals surface area contributed by atoms with Gasteiger partial charge in [-0.05, 0) is 81.0 Å². The number of ether oxygens (including phenoxy) is 1. The Morgan fingerprint density at radius 3 is 2.50 bits per heavy atom. The second kappa shape index (κ2) is 10.8. The minimum atomic E-state index is -0.223. The zero-order chi connectivity index (χ0) is 25.8. The molecule has 2 aromatic carbocycles. The number of nitrogens with one attached hydrogen (secondary N) is 1. The maximum atomic E-state index is 13.3. The lowest BCUT2D eigenvalue weighted by atomic mass is 9.96. The molecule has 0 bridgehead atoms. The molecular weight excluding hydrogens is 452 g/mol. The van der Waals surface area contributed by atoms with Gasteiger partial charge in [0.05, 0.1) is 17.9 Å². The van der Waals surface area contributed by atoms with Crippen LogP contribution in [0.4, 0.5) is 0 Å². The zero-order valence-electron chi connectivity index (χ0n) is 21.8. The average molecular weight is 487 g/mol. The lowest BCUT2D eigenvalue weighted by molar-refractivity contribution is 0.0938. The Hall–Kier alpha value is -3.91. The number of aromatic nitrogens is 4. The molecule has 0 spiro atoms. The smallest absolute Gasteiger partial charge is 0.252 e. The third-order valence-electron chi connectivity index (χ3n) is 6.22.